The molecular weight excluding hydrogens is 739 g/mol. The second kappa shape index (κ2) is 15.6. The van der Waals surface area contributed by atoms with E-state index < -0.39 is 11.7 Å². The standard InChI is InChI=1S/C40H37Cl3N4O6/c1-40(2,3)53-39(50)47(20-24-13-17-33(49)44-24)19-22-12-15-32(46-38(22)52-5)28-11-7-9-26(35(28)43)25-8-6-10-27(34(25)42)31-16-14-29-36(45-31)30(41)18-23(21-48)37(29)51-4/h6-12,14-16,18,21,24H,13,17,19-20H2,1-5H3,(H,44,49)/t24-/m0/s1. The van der Waals surface area contributed by atoms with Crippen molar-refractivity contribution < 1.29 is 28.6 Å². The molecule has 3 aromatic carbocycles. The Hall–Kier alpha value is -4.90. The topological polar surface area (TPSA) is 120 Å². The first-order valence-electron chi connectivity index (χ1n) is 16.8. The minimum atomic E-state index is -0.708. The molecule has 0 radical (unpaired) electrons. The number of benzene rings is 3. The van der Waals surface area contributed by atoms with Crippen molar-refractivity contribution >= 4 is 64.0 Å². The molecular formula is C40H37Cl3N4O6. The molecule has 1 aliphatic heterocycles. The van der Waals surface area contributed by atoms with Crippen molar-refractivity contribution in [2.75, 3.05) is 20.8 Å². The minimum absolute atomic E-state index is 0.0405. The molecule has 53 heavy (non-hydrogen) atoms. The van der Waals surface area contributed by atoms with Crippen LogP contribution in [0.4, 0.5) is 4.79 Å². The van der Waals surface area contributed by atoms with Gasteiger partial charge in [-0.2, -0.15) is 0 Å². The summed E-state index contributed by atoms with van der Waals surface area (Å²) in [5, 5.41) is 4.67. The molecule has 0 aliphatic carbocycles. The van der Waals surface area contributed by atoms with E-state index in [0.717, 1.165) is 0 Å². The molecule has 1 saturated heterocycles. The number of amides is 2. The number of aldehydes is 1. The van der Waals surface area contributed by atoms with Crippen LogP contribution >= 0.6 is 34.8 Å². The number of carbonyl (C=O) groups excluding carboxylic acids is 3. The minimum Gasteiger partial charge on any atom is -0.495 e. The molecule has 10 nitrogen and oxygen atoms in total. The first-order chi connectivity index (χ1) is 25.3. The summed E-state index contributed by atoms with van der Waals surface area (Å²) in [5.74, 6) is 0.659. The number of halogens is 3. The highest BCUT2D eigenvalue weighted by atomic mass is 35.5. The Morgan fingerprint density at radius 3 is 2.09 bits per heavy atom. The van der Waals surface area contributed by atoms with E-state index in [2.05, 4.69) is 5.32 Å². The monoisotopic (exact) mass is 774 g/mol. The molecule has 1 N–H and O–H groups in total. The number of ether oxygens (including phenoxy) is 3. The highest BCUT2D eigenvalue weighted by molar-refractivity contribution is 6.39. The lowest BCUT2D eigenvalue weighted by Crippen LogP contribution is -2.43. The van der Waals surface area contributed by atoms with Gasteiger partial charge in [-0.15, -0.1) is 0 Å². The lowest BCUT2D eigenvalue weighted by molar-refractivity contribution is -0.119. The number of nitrogens with zero attached hydrogens (tertiary/aromatic N) is 3. The van der Waals surface area contributed by atoms with Gasteiger partial charge in [-0.1, -0.05) is 71.2 Å². The van der Waals surface area contributed by atoms with E-state index in [4.69, 9.17) is 59.0 Å². The predicted octanol–water partition coefficient (Wildman–Crippen LogP) is 9.44. The van der Waals surface area contributed by atoms with Gasteiger partial charge in [0, 0.05) is 52.2 Å². The number of carbonyl (C=O) groups is 3. The van der Waals surface area contributed by atoms with E-state index >= 15 is 0 Å². The van der Waals surface area contributed by atoms with Crippen molar-refractivity contribution in [3.63, 3.8) is 0 Å². The number of hydrogen-bond acceptors (Lipinski definition) is 8. The van der Waals surface area contributed by atoms with Gasteiger partial charge in [0.1, 0.15) is 11.4 Å². The molecule has 1 fully saturated rings. The zero-order chi connectivity index (χ0) is 38.0. The van der Waals surface area contributed by atoms with Crippen LogP contribution in [0.5, 0.6) is 11.6 Å². The Balaban J connectivity index is 1.33. The summed E-state index contributed by atoms with van der Waals surface area (Å²) >= 11 is 20.8. The zero-order valence-corrected chi connectivity index (χ0v) is 32.0. The van der Waals surface area contributed by atoms with E-state index in [0.29, 0.717) is 101 Å². The maximum atomic E-state index is 13.3. The lowest BCUT2D eigenvalue weighted by atomic mass is 9.98. The molecule has 5 aromatic rings. The van der Waals surface area contributed by atoms with Gasteiger partial charge in [0.25, 0.3) is 0 Å². The summed E-state index contributed by atoms with van der Waals surface area (Å²) in [6, 6.07) is 19.8. The summed E-state index contributed by atoms with van der Waals surface area (Å²) < 4.78 is 16.9. The number of nitrogens with one attached hydrogen (secondary N) is 1. The van der Waals surface area contributed by atoms with Gasteiger partial charge in [0.05, 0.1) is 58.3 Å². The van der Waals surface area contributed by atoms with E-state index in [1.807, 2.05) is 48.5 Å². The summed E-state index contributed by atoms with van der Waals surface area (Å²) in [6.07, 6.45) is 1.22. The van der Waals surface area contributed by atoms with Crippen LogP contribution in [0.15, 0.2) is 66.7 Å². The van der Waals surface area contributed by atoms with Crippen LogP contribution in [0.2, 0.25) is 15.1 Å². The lowest BCUT2D eigenvalue weighted by Gasteiger charge is -2.29. The van der Waals surface area contributed by atoms with Crippen LogP contribution in [0.3, 0.4) is 0 Å². The Kier molecular flexibility index (Phi) is 11.1. The van der Waals surface area contributed by atoms with Crippen LogP contribution in [0.1, 0.15) is 49.5 Å². The molecule has 0 saturated carbocycles. The van der Waals surface area contributed by atoms with E-state index in [1.54, 1.807) is 37.8 Å². The Labute approximate surface area is 322 Å². The first kappa shape index (κ1) is 37.8. The number of aromatic nitrogens is 2. The van der Waals surface area contributed by atoms with E-state index in [9.17, 15) is 14.4 Å². The fourth-order valence-corrected chi connectivity index (χ4v) is 7.23. The molecule has 1 aliphatic rings. The molecule has 2 aromatic heterocycles. The van der Waals surface area contributed by atoms with Crippen molar-refractivity contribution in [1.29, 1.82) is 0 Å². The Morgan fingerprint density at radius 1 is 0.906 bits per heavy atom. The average molecular weight is 776 g/mol. The maximum Gasteiger partial charge on any atom is 0.410 e. The third-order valence-corrected chi connectivity index (χ3v) is 9.85. The van der Waals surface area contributed by atoms with E-state index in [-0.39, 0.29) is 25.0 Å². The third kappa shape index (κ3) is 8.05. The van der Waals surface area contributed by atoms with Crippen LogP contribution in [0, 0.1) is 0 Å². The van der Waals surface area contributed by atoms with Crippen LogP contribution in [0.25, 0.3) is 44.5 Å². The smallest absolute Gasteiger partial charge is 0.410 e. The van der Waals surface area contributed by atoms with Gasteiger partial charge in [0.2, 0.25) is 11.8 Å². The zero-order valence-electron chi connectivity index (χ0n) is 29.8. The second-order valence-corrected chi connectivity index (χ2v) is 14.7. The molecule has 13 heteroatoms. The predicted molar refractivity (Wildman–Crippen MR) is 207 cm³/mol. The Morgan fingerprint density at radius 2 is 1.53 bits per heavy atom. The fraction of sp³-hybridized carbons (Fsp3) is 0.275. The molecule has 2 amide bonds. The highest BCUT2D eigenvalue weighted by Gasteiger charge is 2.29. The largest absolute Gasteiger partial charge is 0.495 e. The van der Waals surface area contributed by atoms with Gasteiger partial charge in [-0.25, -0.2) is 14.8 Å². The molecule has 274 valence electrons. The molecule has 6 rings (SSSR count). The number of methoxy groups -OCH3 is 2. The van der Waals surface area contributed by atoms with Crippen molar-refractivity contribution in [2.45, 2.75) is 51.8 Å². The summed E-state index contributed by atoms with van der Waals surface area (Å²) in [6.45, 7) is 5.83. The number of pyridine rings is 2. The molecule has 0 spiro atoms. The highest BCUT2D eigenvalue weighted by Crippen LogP contribution is 2.43. The van der Waals surface area contributed by atoms with E-state index in [1.165, 1.54) is 20.3 Å². The first-order valence-corrected chi connectivity index (χ1v) is 18.0. The SMILES string of the molecule is COc1nc(-c2cccc(-c3cccc(-c4ccc5c(OC)c(C=O)cc(Cl)c5n4)c3Cl)c2Cl)ccc1CN(C[C@@H]1CCC(=O)N1)C(=O)OC(C)(C)C. The van der Waals surface area contributed by atoms with Gasteiger partial charge in [-0.3, -0.25) is 9.59 Å². The molecule has 0 bridgehead atoms. The van der Waals surface area contributed by atoms with Gasteiger partial charge in [-0.05, 0) is 57.5 Å². The van der Waals surface area contributed by atoms with Crippen molar-refractivity contribution in [1.82, 2.24) is 20.2 Å². The summed E-state index contributed by atoms with van der Waals surface area (Å²) in [7, 11) is 3.00. The van der Waals surface area contributed by atoms with Crippen molar-refractivity contribution in [3.8, 4) is 45.3 Å². The van der Waals surface area contributed by atoms with Crippen LogP contribution in [-0.4, -0.2) is 65.6 Å². The number of fused-ring (bicyclic) bond motifs is 1. The quantitative estimate of drug-likeness (QED) is 0.139. The van der Waals surface area contributed by atoms with Crippen molar-refractivity contribution in [2.24, 2.45) is 0 Å². The van der Waals surface area contributed by atoms with Gasteiger partial charge >= 0.3 is 6.09 Å². The summed E-state index contributed by atoms with van der Waals surface area (Å²) in [4.78, 5) is 47.9. The van der Waals surface area contributed by atoms with Crippen molar-refractivity contribution in [3.05, 3.63) is 92.9 Å². The van der Waals surface area contributed by atoms with Crippen LogP contribution < -0.4 is 14.8 Å². The average Bonchev–Trinajstić information content (AvgIpc) is 3.55. The van der Waals surface area contributed by atoms with Crippen LogP contribution in [-0.2, 0) is 16.1 Å². The maximum absolute atomic E-state index is 13.3. The van der Waals surface area contributed by atoms with Gasteiger partial charge < -0.3 is 24.4 Å². The number of rotatable bonds is 10. The third-order valence-electron chi connectivity index (χ3n) is 8.75. The van der Waals surface area contributed by atoms with Gasteiger partial charge in [0.15, 0.2) is 6.29 Å². The second-order valence-electron chi connectivity index (χ2n) is 13.6. The summed E-state index contributed by atoms with van der Waals surface area (Å²) in [5.41, 5.74) is 4.49. The normalized spacial score (nSPS) is 14.2. The number of hydrogen-bond donors (Lipinski definition) is 1. The Bertz CT molecular complexity index is 2240. The molecule has 1 atom stereocenters. The fourth-order valence-electron chi connectivity index (χ4n) is 6.32. The molecule has 3 heterocycles. The molecule has 0 unspecified atom stereocenters.